The summed E-state index contributed by atoms with van der Waals surface area (Å²) in [7, 11) is 0. The molecule has 0 aliphatic rings. The number of rotatable bonds is 4. The van der Waals surface area contributed by atoms with Crippen molar-refractivity contribution in [2.75, 3.05) is 5.43 Å². The van der Waals surface area contributed by atoms with Crippen LogP contribution < -0.4 is 5.43 Å². The van der Waals surface area contributed by atoms with E-state index in [0.29, 0.717) is 11.3 Å². The Morgan fingerprint density at radius 2 is 2.05 bits per heavy atom. The Balaban J connectivity index is 2.12. The normalized spacial score (nSPS) is 10.7. The zero-order chi connectivity index (χ0) is 15.4. The van der Waals surface area contributed by atoms with E-state index >= 15 is 0 Å². The van der Waals surface area contributed by atoms with Gasteiger partial charge >= 0.3 is 0 Å². The van der Waals surface area contributed by atoms with Crippen LogP contribution >= 0.6 is 11.6 Å². The maximum Gasteiger partial charge on any atom is 0.271 e. The van der Waals surface area contributed by atoms with Crippen LogP contribution in [0.15, 0.2) is 41.5 Å². The molecule has 0 amide bonds. The van der Waals surface area contributed by atoms with Crippen molar-refractivity contribution in [3.05, 3.63) is 57.1 Å². The number of non-ortho nitro benzene ring substituents is 1. The van der Waals surface area contributed by atoms with Gasteiger partial charge in [0.1, 0.15) is 0 Å². The molecule has 21 heavy (non-hydrogen) atoms. The summed E-state index contributed by atoms with van der Waals surface area (Å²) in [6.45, 7) is 0. The number of aromatic hydroxyl groups is 2. The van der Waals surface area contributed by atoms with Gasteiger partial charge in [-0.25, -0.2) is 0 Å². The summed E-state index contributed by atoms with van der Waals surface area (Å²) in [5.74, 6) is -0.764. The molecule has 0 saturated carbocycles. The number of phenols is 2. The molecule has 0 aliphatic carbocycles. The van der Waals surface area contributed by atoms with Crippen LogP contribution in [0.2, 0.25) is 5.02 Å². The highest BCUT2D eigenvalue weighted by atomic mass is 35.5. The van der Waals surface area contributed by atoms with Crippen LogP contribution in [0.25, 0.3) is 0 Å². The topological polar surface area (TPSA) is 108 Å². The Hall–Kier alpha value is -2.80. The number of nitrogens with one attached hydrogen (secondary N) is 1. The van der Waals surface area contributed by atoms with E-state index in [1.165, 1.54) is 36.5 Å². The third-order valence-corrected chi connectivity index (χ3v) is 2.82. The Morgan fingerprint density at radius 3 is 2.71 bits per heavy atom. The van der Waals surface area contributed by atoms with Crippen molar-refractivity contribution in [2.24, 2.45) is 5.10 Å². The van der Waals surface area contributed by atoms with Gasteiger partial charge in [-0.05, 0) is 23.8 Å². The molecule has 2 aromatic carbocycles. The van der Waals surface area contributed by atoms with Gasteiger partial charge in [-0.15, -0.1) is 0 Å². The Morgan fingerprint density at radius 1 is 1.29 bits per heavy atom. The van der Waals surface area contributed by atoms with Crippen molar-refractivity contribution >= 4 is 29.2 Å². The zero-order valence-electron chi connectivity index (χ0n) is 10.5. The molecule has 7 nitrogen and oxygen atoms in total. The molecule has 0 unspecified atom stereocenters. The quantitative estimate of drug-likeness (QED) is 0.348. The fraction of sp³-hybridized carbons (Fsp3) is 0. The number of nitro benzene ring substituents is 1. The predicted octanol–water partition coefficient (Wildman–Crippen LogP) is 3.11. The first-order valence-corrected chi connectivity index (χ1v) is 6.10. The third kappa shape index (κ3) is 3.61. The molecule has 0 radical (unpaired) electrons. The smallest absolute Gasteiger partial charge is 0.271 e. The van der Waals surface area contributed by atoms with Crippen LogP contribution in [-0.2, 0) is 0 Å². The molecule has 0 fully saturated rings. The molecular formula is C13H10ClN3O4. The zero-order valence-corrected chi connectivity index (χ0v) is 11.3. The largest absolute Gasteiger partial charge is 0.504 e. The van der Waals surface area contributed by atoms with E-state index in [4.69, 9.17) is 11.6 Å². The second-order valence-corrected chi connectivity index (χ2v) is 4.46. The molecule has 0 atom stereocenters. The molecule has 3 N–H and O–H groups in total. The van der Waals surface area contributed by atoms with Crippen molar-refractivity contribution in [3.63, 3.8) is 0 Å². The molecule has 8 heteroatoms. The minimum atomic E-state index is -0.507. The second-order valence-electron chi connectivity index (χ2n) is 4.05. The van der Waals surface area contributed by atoms with Crippen LogP contribution in [0.1, 0.15) is 5.56 Å². The van der Waals surface area contributed by atoms with Gasteiger partial charge in [-0.3, -0.25) is 15.5 Å². The summed E-state index contributed by atoms with van der Waals surface area (Å²) < 4.78 is 0. The van der Waals surface area contributed by atoms with Crippen molar-refractivity contribution < 1.29 is 15.1 Å². The van der Waals surface area contributed by atoms with Crippen LogP contribution in [0.4, 0.5) is 11.4 Å². The lowest BCUT2D eigenvalue weighted by Crippen LogP contribution is -1.93. The molecule has 0 aliphatic heterocycles. The van der Waals surface area contributed by atoms with Crippen LogP contribution in [-0.4, -0.2) is 21.4 Å². The fourth-order valence-electron chi connectivity index (χ4n) is 1.55. The van der Waals surface area contributed by atoms with E-state index < -0.39 is 10.7 Å². The Kier molecular flexibility index (Phi) is 4.24. The molecule has 0 bridgehead atoms. The summed E-state index contributed by atoms with van der Waals surface area (Å²) in [5.41, 5.74) is 3.46. The Bertz CT molecular complexity index is 695. The van der Waals surface area contributed by atoms with Crippen LogP contribution in [0.3, 0.4) is 0 Å². The fourth-order valence-corrected chi connectivity index (χ4v) is 1.77. The summed E-state index contributed by atoms with van der Waals surface area (Å²) in [4.78, 5) is 10.1. The van der Waals surface area contributed by atoms with E-state index in [9.17, 15) is 20.3 Å². The summed E-state index contributed by atoms with van der Waals surface area (Å²) in [6.07, 6.45) is 1.35. The predicted molar refractivity (Wildman–Crippen MR) is 79.1 cm³/mol. The lowest BCUT2D eigenvalue weighted by Gasteiger charge is -2.02. The number of anilines is 1. The number of phenolic OH excluding ortho intramolecular Hbond substituents is 2. The van der Waals surface area contributed by atoms with Crippen molar-refractivity contribution in [1.82, 2.24) is 0 Å². The highest BCUT2D eigenvalue weighted by Crippen LogP contribution is 2.33. The number of hydrogen-bond donors (Lipinski definition) is 3. The second kappa shape index (κ2) is 6.10. The highest BCUT2D eigenvalue weighted by Gasteiger charge is 2.06. The number of hydrazone groups is 1. The number of benzene rings is 2. The highest BCUT2D eigenvalue weighted by molar-refractivity contribution is 6.32. The first-order valence-electron chi connectivity index (χ1n) is 5.72. The number of hydrogen-bond acceptors (Lipinski definition) is 6. The molecule has 0 spiro atoms. The molecule has 0 aromatic heterocycles. The van der Waals surface area contributed by atoms with Crippen LogP contribution in [0.5, 0.6) is 11.5 Å². The van der Waals surface area contributed by atoms with Gasteiger partial charge in [0.25, 0.3) is 5.69 Å². The number of nitro groups is 1. The van der Waals surface area contributed by atoms with E-state index in [2.05, 4.69) is 10.5 Å². The SMILES string of the molecule is O=[N+]([O-])c1cccc(N/N=C/c2cc(O)c(O)c(Cl)c2)c1. The van der Waals surface area contributed by atoms with Gasteiger partial charge in [-0.2, -0.15) is 5.10 Å². The Labute approximate surface area is 124 Å². The summed E-state index contributed by atoms with van der Waals surface area (Å²) in [6, 6.07) is 8.53. The molecule has 0 heterocycles. The van der Waals surface area contributed by atoms with Gasteiger partial charge < -0.3 is 10.2 Å². The van der Waals surface area contributed by atoms with E-state index in [-0.39, 0.29) is 16.5 Å². The lowest BCUT2D eigenvalue weighted by molar-refractivity contribution is -0.384. The monoisotopic (exact) mass is 307 g/mol. The van der Waals surface area contributed by atoms with E-state index in [0.717, 1.165) is 0 Å². The third-order valence-electron chi connectivity index (χ3n) is 2.53. The summed E-state index contributed by atoms with van der Waals surface area (Å²) in [5, 5.41) is 33.2. The van der Waals surface area contributed by atoms with Gasteiger partial charge in [0, 0.05) is 12.1 Å². The first-order chi connectivity index (χ1) is 9.97. The van der Waals surface area contributed by atoms with Crippen molar-refractivity contribution in [1.29, 1.82) is 0 Å². The molecular weight excluding hydrogens is 298 g/mol. The average molecular weight is 308 g/mol. The maximum atomic E-state index is 10.6. The lowest BCUT2D eigenvalue weighted by atomic mass is 10.2. The maximum absolute atomic E-state index is 10.6. The van der Waals surface area contributed by atoms with E-state index in [1.54, 1.807) is 6.07 Å². The molecule has 0 saturated heterocycles. The van der Waals surface area contributed by atoms with Gasteiger partial charge in [-0.1, -0.05) is 17.7 Å². The van der Waals surface area contributed by atoms with Gasteiger partial charge in [0.15, 0.2) is 11.5 Å². The number of nitrogens with zero attached hydrogens (tertiary/aromatic N) is 2. The first kappa shape index (κ1) is 14.6. The minimum absolute atomic E-state index is 0.00759. The summed E-state index contributed by atoms with van der Waals surface area (Å²) >= 11 is 5.70. The molecule has 2 rings (SSSR count). The standard InChI is InChI=1S/C13H10ClN3O4/c14-11-4-8(5-12(18)13(11)19)7-15-16-9-2-1-3-10(6-9)17(20)21/h1-7,16,18-19H/b15-7+. The van der Waals surface area contributed by atoms with E-state index in [1.807, 2.05) is 0 Å². The number of halogens is 1. The van der Waals surface area contributed by atoms with Crippen molar-refractivity contribution in [2.45, 2.75) is 0 Å². The molecule has 2 aromatic rings. The molecule has 108 valence electrons. The van der Waals surface area contributed by atoms with Gasteiger partial charge in [0.05, 0.1) is 21.8 Å². The van der Waals surface area contributed by atoms with Crippen molar-refractivity contribution in [3.8, 4) is 11.5 Å². The van der Waals surface area contributed by atoms with Crippen LogP contribution in [0, 0.1) is 10.1 Å². The average Bonchev–Trinajstić information content (AvgIpc) is 2.45. The minimum Gasteiger partial charge on any atom is -0.504 e. The van der Waals surface area contributed by atoms with Gasteiger partial charge in [0.2, 0.25) is 0 Å².